The second-order valence-electron chi connectivity index (χ2n) is 8.27. The number of hydrogen-bond donors (Lipinski definition) is 5. The van der Waals surface area contributed by atoms with E-state index < -0.39 is 48.4 Å². The molecule has 3 rings (SSSR count). The lowest BCUT2D eigenvalue weighted by Gasteiger charge is -2.24. The van der Waals surface area contributed by atoms with Crippen LogP contribution in [0, 0.1) is 0 Å². The van der Waals surface area contributed by atoms with Crippen LogP contribution in [-0.4, -0.2) is 59.4 Å². The maximum absolute atomic E-state index is 13.3. The minimum atomic E-state index is -1.21. The SMILES string of the molecule is O=C(O)CNC(=O)[C@H](Cc1ccccc1)NC(=O)[C@H](Cc1ccccc1)NC(=O)[C@@H]1CCC(=O)N1. The monoisotopic (exact) mass is 480 g/mol. The smallest absolute Gasteiger partial charge is 0.322 e. The third-order valence-corrected chi connectivity index (χ3v) is 5.56. The third kappa shape index (κ3) is 7.95. The first-order valence-corrected chi connectivity index (χ1v) is 11.3. The Kier molecular flexibility index (Phi) is 8.94. The Morgan fingerprint density at radius 3 is 1.89 bits per heavy atom. The van der Waals surface area contributed by atoms with Gasteiger partial charge in [0.2, 0.25) is 23.6 Å². The molecule has 2 aromatic rings. The summed E-state index contributed by atoms with van der Waals surface area (Å²) in [5.74, 6) is -3.18. The van der Waals surface area contributed by atoms with E-state index in [1.165, 1.54) is 0 Å². The zero-order valence-corrected chi connectivity index (χ0v) is 19.0. The molecule has 35 heavy (non-hydrogen) atoms. The molecular formula is C25H28N4O6. The van der Waals surface area contributed by atoms with Crippen LogP contribution >= 0.6 is 0 Å². The molecule has 5 N–H and O–H groups in total. The van der Waals surface area contributed by atoms with Crippen molar-refractivity contribution >= 4 is 29.6 Å². The van der Waals surface area contributed by atoms with Crippen LogP contribution < -0.4 is 21.3 Å². The summed E-state index contributed by atoms with van der Waals surface area (Å²) in [6, 6.07) is 15.2. The van der Waals surface area contributed by atoms with Crippen LogP contribution in [0.1, 0.15) is 24.0 Å². The number of nitrogens with one attached hydrogen (secondary N) is 4. The summed E-state index contributed by atoms with van der Waals surface area (Å²) < 4.78 is 0. The van der Waals surface area contributed by atoms with Gasteiger partial charge in [0.1, 0.15) is 24.7 Å². The van der Waals surface area contributed by atoms with Gasteiger partial charge in [0, 0.05) is 19.3 Å². The Bertz CT molecular complexity index is 1060. The summed E-state index contributed by atoms with van der Waals surface area (Å²) in [5, 5.41) is 19.2. The van der Waals surface area contributed by atoms with Gasteiger partial charge < -0.3 is 26.4 Å². The molecule has 0 aromatic heterocycles. The normalized spacial score (nSPS) is 16.5. The molecule has 10 heteroatoms. The highest BCUT2D eigenvalue weighted by atomic mass is 16.4. The average Bonchev–Trinajstić information content (AvgIpc) is 3.29. The fourth-order valence-electron chi connectivity index (χ4n) is 3.76. The third-order valence-electron chi connectivity index (χ3n) is 5.56. The topological polar surface area (TPSA) is 154 Å². The van der Waals surface area contributed by atoms with Crippen LogP contribution in [0.2, 0.25) is 0 Å². The average molecular weight is 481 g/mol. The first-order valence-electron chi connectivity index (χ1n) is 11.3. The number of benzene rings is 2. The molecule has 0 spiro atoms. The first-order chi connectivity index (χ1) is 16.8. The zero-order chi connectivity index (χ0) is 25.2. The Balaban J connectivity index is 1.77. The number of carbonyl (C=O) groups is 5. The van der Waals surface area contributed by atoms with Gasteiger partial charge in [0.15, 0.2) is 0 Å². The van der Waals surface area contributed by atoms with E-state index in [4.69, 9.17) is 5.11 Å². The largest absolute Gasteiger partial charge is 0.480 e. The molecular weight excluding hydrogens is 452 g/mol. The van der Waals surface area contributed by atoms with E-state index in [9.17, 15) is 24.0 Å². The quantitative estimate of drug-likeness (QED) is 0.303. The fraction of sp³-hybridized carbons (Fsp3) is 0.320. The Morgan fingerprint density at radius 2 is 1.40 bits per heavy atom. The van der Waals surface area contributed by atoms with Crippen molar-refractivity contribution in [2.75, 3.05) is 6.54 Å². The predicted octanol–water partition coefficient (Wildman–Crippen LogP) is -0.0792. The molecule has 0 bridgehead atoms. The summed E-state index contributed by atoms with van der Waals surface area (Å²) in [6.45, 7) is -0.592. The molecule has 4 amide bonds. The van der Waals surface area contributed by atoms with Crippen LogP contribution in [0.25, 0.3) is 0 Å². The highest BCUT2D eigenvalue weighted by molar-refractivity contribution is 5.96. The van der Waals surface area contributed by atoms with Gasteiger partial charge in [-0.15, -0.1) is 0 Å². The van der Waals surface area contributed by atoms with E-state index in [-0.39, 0.29) is 25.2 Å². The van der Waals surface area contributed by atoms with Gasteiger partial charge in [0.05, 0.1) is 0 Å². The lowest BCUT2D eigenvalue weighted by molar-refractivity contribution is -0.138. The van der Waals surface area contributed by atoms with Crippen molar-refractivity contribution in [2.45, 2.75) is 43.8 Å². The lowest BCUT2D eigenvalue weighted by atomic mass is 10.0. The second-order valence-corrected chi connectivity index (χ2v) is 8.27. The standard InChI is InChI=1S/C25H28N4O6/c30-21-12-11-18(27-21)24(34)29-20(14-17-9-5-2-6-10-17)25(35)28-19(23(33)26-15-22(31)32)13-16-7-3-1-4-8-16/h1-10,18-20H,11-15H2,(H,26,33)(H,27,30)(H,28,35)(H,29,34)(H,31,32)/t18-,19-,20-/m0/s1. The van der Waals surface area contributed by atoms with E-state index in [2.05, 4.69) is 21.3 Å². The maximum atomic E-state index is 13.3. The maximum Gasteiger partial charge on any atom is 0.322 e. The van der Waals surface area contributed by atoms with E-state index in [0.29, 0.717) is 6.42 Å². The molecule has 2 aromatic carbocycles. The lowest BCUT2D eigenvalue weighted by Crippen LogP contribution is -2.57. The summed E-state index contributed by atoms with van der Waals surface area (Å²) >= 11 is 0. The number of aliphatic carboxylic acids is 1. The summed E-state index contributed by atoms with van der Waals surface area (Å²) in [7, 11) is 0. The van der Waals surface area contributed by atoms with Gasteiger partial charge in [-0.3, -0.25) is 24.0 Å². The Morgan fingerprint density at radius 1 is 0.857 bits per heavy atom. The number of carboxylic acids is 1. The molecule has 1 aliphatic rings. The minimum Gasteiger partial charge on any atom is -0.480 e. The second kappa shape index (κ2) is 12.3. The van der Waals surface area contributed by atoms with E-state index >= 15 is 0 Å². The molecule has 10 nitrogen and oxygen atoms in total. The highest BCUT2D eigenvalue weighted by Crippen LogP contribution is 2.10. The van der Waals surface area contributed by atoms with Gasteiger partial charge in [-0.2, -0.15) is 0 Å². The van der Waals surface area contributed by atoms with Gasteiger partial charge in [-0.1, -0.05) is 60.7 Å². The molecule has 1 aliphatic heterocycles. The number of hydrogen-bond acceptors (Lipinski definition) is 5. The summed E-state index contributed by atoms with van der Waals surface area (Å²) in [6.07, 6.45) is 0.853. The molecule has 0 radical (unpaired) electrons. The molecule has 0 saturated carbocycles. The van der Waals surface area contributed by atoms with E-state index in [1.54, 1.807) is 36.4 Å². The molecule has 1 saturated heterocycles. The molecule has 0 unspecified atom stereocenters. The van der Waals surface area contributed by atoms with Crippen LogP contribution in [0.15, 0.2) is 60.7 Å². The molecule has 0 aliphatic carbocycles. The van der Waals surface area contributed by atoms with Crippen molar-refractivity contribution in [1.82, 2.24) is 21.3 Å². The van der Waals surface area contributed by atoms with Crippen molar-refractivity contribution in [3.05, 3.63) is 71.8 Å². The van der Waals surface area contributed by atoms with Gasteiger partial charge >= 0.3 is 5.97 Å². The molecule has 1 fully saturated rings. The van der Waals surface area contributed by atoms with Crippen LogP contribution in [0.3, 0.4) is 0 Å². The summed E-state index contributed by atoms with van der Waals surface area (Å²) in [5.41, 5.74) is 1.55. The van der Waals surface area contributed by atoms with E-state index in [0.717, 1.165) is 11.1 Å². The van der Waals surface area contributed by atoms with Gasteiger partial charge in [-0.05, 0) is 17.5 Å². The van der Waals surface area contributed by atoms with Crippen molar-refractivity contribution < 1.29 is 29.1 Å². The number of carbonyl (C=O) groups excluding carboxylic acids is 4. The Labute approximate surface area is 202 Å². The minimum absolute atomic E-state index is 0.128. The number of amides is 4. The van der Waals surface area contributed by atoms with Crippen molar-refractivity contribution in [2.24, 2.45) is 0 Å². The number of carboxylic acid groups (broad SMARTS) is 1. The van der Waals surface area contributed by atoms with Gasteiger partial charge in [0.25, 0.3) is 0 Å². The molecule has 1 heterocycles. The predicted molar refractivity (Wildman–Crippen MR) is 126 cm³/mol. The Hall–Kier alpha value is -4.21. The zero-order valence-electron chi connectivity index (χ0n) is 19.0. The fourth-order valence-corrected chi connectivity index (χ4v) is 3.76. The van der Waals surface area contributed by atoms with Crippen molar-refractivity contribution in [1.29, 1.82) is 0 Å². The van der Waals surface area contributed by atoms with Crippen molar-refractivity contribution in [3.63, 3.8) is 0 Å². The van der Waals surface area contributed by atoms with Crippen LogP contribution in [0.5, 0.6) is 0 Å². The molecule has 3 atom stereocenters. The summed E-state index contributed by atoms with van der Waals surface area (Å²) in [4.78, 5) is 61.2. The van der Waals surface area contributed by atoms with Crippen LogP contribution in [0.4, 0.5) is 0 Å². The molecule has 184 valence electrons. The highest BCUT2D eigenvalue weighted by Gasteiger charge is 2.32. The van der Waals surface area contributed by atoms with Crippen molar-refractivity contribution in [3.8, 4) is 0 Å². The van der Waals surface area contributed by atoms with Crippen LogP contribution in [-0.2, 0) is 36.8 Å². The first kappa shape index (κ1) is 25.4. The van der Waals surface area contributed by atoms with E-state index in [1.807, 2.05) is 24.3 Å². The van der Waals surface area contributed by atoms with Gasteiger partial charge in [-0.25, -0.2) is 0 Å². The number of rotatable bonds is 11.